The highest BCUT2D eigenvalue weighted by molar-refractivity contribution is 9.10. The first-order chi connectivity index (χ1) is 11.1. The molecule has 0 saturated heterocycles. The average molecular weight is 456 g/mol. The van der Waals surface area contributed by atoms with E-state index in [1.54, 1.807) is 25.7 Å². The van der Waals surface area contributed by atoms with Gasteiger partial charge in [0.25, 0.3) is 0 Å². The summed E-state index contributed by atoms with van der Waals surface area (Å²) in [5.41, 5.74) is 2.58. The fraction of sp³-hybridized carbons (Fsp3) is 1.00. The fourth-order valence-corrected chi connectivity index (χ4v) is 14.1. The second kappa shape index (κ2) is 4.18. The van der Waals surface area contributed by atoms with Crippen LogP contribution in [-0.4, -0.2) is 8.65 Å². The normalized spacial score (nSPS) is 69.5. The highest BCUT2D eigenvalue weighted by Crippen LogP contribution is 2.81. The predicted molar refractivity (Wildman–Crippen MR) is 107 cm³/mol. The van der Waals surface area contributed by atoms with Gasteiger partial charge in [-0.2, -0.15) is 0 Å². The molecular formula is C22H32Br2. The van der Waals surface area contributed by atoms with Crippen LogP contribution in [0, 0.1) is 33.5 Å². The van der Waals surface area contributed by atoms with Crippen LogP contribution in [0.15, 0.2) is 0 Å². The Labute approximate surface area is 164 Å². The van der Waals surface area contributed by atoms with Crippen molar-refractivity contribution >= 4 is 31.9 Å². The summed E-state index contributed by atoms with van der Waals surface area (Å²) in [7, 11) is 0. The van der Waals surface area contributed by atoms with Crippen molar-refractivity contribution < 1.29 is 0 Å². The average Bonchev–Trinajstić information content (AvgIpc) is 2.28. The van der Waals surface area contributed by atoms with Gasteiger partial charge < -0.3 is 0 Å². The molecular weight excluding hydrogens is 424 g/mol. The third-order valence-corrected chi connectivity index (χ3v) is 11.5. The zero-order valence-electron chi connectivity index (χ0n) is 15.4. The van der Waals surface area contributed by atoms with Crippen molar-refractivity contribution in [2.24, 2.45) is 33.5 Å². The first-order valence-electron chi connectivity index (χ1n) is 10.4. The van der Waals surface area contributed by atoms with E-state index in [0.717, 1.165) is 11.8 Å². The number of halogens is 2. The number of hydrogen-bond acceptors (Lipinski definition) is 0. The molecule has 0 spiro atoms. The van der Waals surface area contributed by atoms with Crippen LogP contribution in [0.2, 0.25) is 0 Å². The molecule has 8 unspecified atom stereocenters. The quantitative estimate of drug-likeness (QED) is 0.365. The Morgan fingerprint density at radius 1 is 0.542 bits per heavy atom. The van der Waals surface area contributed by atoms with Crippen LogP contribution in [0.25, 0.3) is 0 Å². The maximum absolute atomic E-state index is 4.32. The van der Waals surface area contributed by atoms with Gasteiger partial charge in [-0.05, 0) is 111 Å². The van der Waals surface area contributed by atoms with Crippen molar-refractivity contribution in [2.45, 2.75) is 99.5 Å². The van der Waals surface area contributed by atoms with E-state index < -0.39 is 0 Å². The van der Waals surface area contributed by atoms with Gasteiger partial charge in [0.05, 0.1) is 0 Å². The highest BCUT2D eigenvalue weighted by atomic mass is 79.9. The number of alkyl halides is 2. The van der Waals surface area contributed by atoms with E-state index in [2.05, 4.69) is 45.7 Å². The Bertz CT molecular complexity index is 533. The molecule has 134 valence electrons. The van der Waals surface area contributed by atoms with Gasteiger partial charge in [0.1, 0.15) is 0 Å². The van der Waals surface area contributed by atoms with Gasteiger partial charge in [0.2, 0.25) is 0 Å². The minimum Gasteiger partial charge on any atom is -0.0853 e. The molecule has 0 aromatic heterocycles. The Morgan fingerprint density at radius 2 is 0.958 bits per heavy atom. The molecule has 2 heteroatoms. The maximum atomic E-state index is 4.32. The van der Waals surface area contributed by atoms with E-state index in [9.17, 15) is 0 Å². The lowest BCUT2D eigenvalue weighted by molar-refractivity contribution is -0.220. The summed E-state index contributed by atoms with van der Waals surface area (Å²) in [6.45, 7) is 5.29. The highest BCUT2D eigenvalue weighted by Gasteiger charge is 2.72. The van der Waals surface area contributed by atoms with Crippen molar-refractivity contribution in [3.63, 3.8) is 0 Å². The first-order valence-corrected chi connectivity index (χ1v) is 12.0. The molecule has 0 aromatic rings. The molecule has 8 atom stereocenters. The molecule has 0 N–H and O–H groups in total. The van der Waals surface area contributed by atoms with Gasteiger partial charge >= 0.3 is 0 Å². The summed E-state index contributed by atoms with van der Waals surface area (Å²) in [5.74, 6) is 2.02. The van der Waals surface area contributed by atoms with Crippen LogP contribution in [-0.2, 0) is 0 Å². The van der Waals surface area contributed by atoms with Crippen molar-refractivity contribution in [2.75, 3.05) is 0 Å². The summed E-state index contributed by atoms with van der Waals surface area (Å²) in [6.07, 6.45) is 18.1. The zero-order valence-corrected chi connectivity index (χ0v) is 18.6. The van der Waals surface area contributed by atoms with Gasteiger partial charge in [-0.15, -0.1) is 0 Å². The Morgan fingerprint density at radius 3 is 1.29 bits per heavy atom. The van der Waals surface area contributed by atoms with Crippen molar-refractivity contribution in [3.05, 3.63) is 0 Å². The molecule has 8 aliphatic carbocycles. The summed E-state index contributed by atoms with van der Waals surface area (Å²) >= 11 is 8.64. The van der Waals surface area contributed by atoms with Gasteiger partial charge in [0, 0.05) is 8.65 Å². The molecule has 8 aliphatic rings. The molecule has 0 amide bonds. The predicted octanol–water partition coefficient (Wildman–Crippen LogP) is 7.23. The van der Waals surface area contributed by atoms with Crippen LogP contribution in [0.4, 0.5) is 0 Å². The molecule has 0 heterocycles. The van der Waals surface area contributed by atoms with Crippen LogP contribution in [0.5, 0.6) is 0 Å². The molecule has 8 rings (SSSR count). The molecule has 8 fully saturated rings. The van der Waals surface area contributed by atoms with Crippen molar-refractivity contribution in [1.82, 2.24) is 0 Å². The van der Waals surface area contributed by atoms with Gasteiger partial charge in [-0.3, -0.25) is 0 Å². The molecule has 0 aliphatic heterocycles. The molecule has 8 bridgehead atoms. The van der Waals surface area contributed by atoms with Gasteiger partial charge in [-0.25, -0.2) is 0 Å². The topological polar surface area (TPSA) is 0 Å². The molecule has 0 aromatic carbocycles. The van der Waals surface area contributed by atoms with E-state index in [1.807, 2.05) is 0 Å². The third-order valence-electron chi connectivity index (χ3n) is 9.68. The summed E-state index contributed by atoms with van der Waals surface area (Å²) in [5, 5.41) is 0. The number of hydrogen-bond donors (Lipinski definition) is 0. The monoisotopic (exact) mass is 454 g/mol. The molecule has 0 radical (unpaired) electrons. The Kier molecular flexibility index (Phi) is 2.78. The summed E-state index contributed by atoms with van der Waals surface area (Å²) in [4.78, 5) is 0. The minimum atomic E-state index is 0.491. The van der Waals surface area contributed by atoms with Gasteiger partial charge in [-0.1, -0.05) is 45.7 Å². The summed E-state index contributed by atoms with van der Waals surface area (Å²) < 4.78 is 0.982. The largest absolute Gasteiger partial charge is 0.0853 e. The lowest BCUT2D eigenvalue weighted by atomic mass is 9.31. The van der Waals surface area contributed by atoms with Crippen LogP contribution < -0.4 is 0 Å². The smallest absolute Gasteiger partial charge is 0.0271 e. The summed E-state index contributed by atoms with van der Waals surface area (Å²) in [6, 6.07) is 0. The Balaban J connectivity index is 1.49. The Hall–Kier alpha value is 0.960. The standard InChI is InChI=1S/C22H32Br2/c1-17-3-15-5-19(9-17,13-21(23,7-15)11-17)20-6-16-4-18(2,10-20)12-22(24,8-16)14-20/h15-16H,3-14H2,1-2H3. The fourth-order valence-electron chi connectivity index (χ4n) is 10.8. The molecule has 0 nitrogen and oxygen atoms in total. The van der Waals surface area contributed by atoms with E-state index in [1.165, 1.54) is 51.4 Å². The van der Waals surface area contributed by atoms with E-state index >= 15 is 0 Å². The first kappa shape index (κ1) is 16.0. The molecule has 8 saturated carbocycles. The van der Waals surface area contributed by atoms with Crippen molar-refractivity contribution in [1.29, 1.82) is 0 Å². The van der Waals surface area contributed by atoms with Crippen LogP contribution in [0.1, 0.15) is 90.9 Å². The second-order valence-electron chi connectivity index (χ2n) is 12.5. The number of rotatable bonds is 1. The second-order valence-corrected chi connectivity index (χ2v) is 15.9. The van der Waals surface area contributed by atoms with Crippen LogP contribution >= 0.6 is 31.9 Å². The van der Waals surface area contributed by atoms with E-state index in [-0.39, 0.29) is 0 Å². The third kappa shape index (κ3) is 1.92. The van der Waals surface area contributed by atoms with E-state index in [4.69, 9.17) is 0 Å². The lowest BCUT2D eigenvalue weighted by Crippen LogP contribution is -2.68. The maximum Gasteiger partial charge on any atom is 0.0271 e. The van der Waals surface area contributed by atoms with Crippen LogP contribution in [0.3, 0.4) is 0 Å². The molecule has 24 heavy (non-hydrogen) atoms. The van der Waals surface area contributed by atoms with E-state index in [0.29, 0.717) is 30.3 Å². The van der Waals surface area contributed by atoms with Gasteiger partial charge in [0.15, 0.2) is 0 Å². The lowest BCUT2D eigenvalue weighted by Gasteiger charge is -2.76. The zero-order chi connectivity index (χ0) is 16.6. The SMILES string of the molecule is CC12CC3CC(Br)(C1)CC(C14CC5CC(C)(CC(Br)(C5)C1)C4)(C3)C2. The van der Waals surface area contributed by atoms with Crippen molar-refractivity contribution in [3.8, 4) is 0 Å². The minimum absolute atomic E-state index is 0.491.